The molecule has 0 saturated carbocycles. The number of carbonyl (C=O) groups is 1. The van der Waals surface area contributed by atoms with E-state index in [0.29, 0.717) is 22.3 Å². The molecule has 3 rings (SSSR count). The quantitative estimate of drug-likeness (QED) is 0.243. The molecule has 2 aromatic carbocycles. The number of halogens is 3. The van der Waals surface area contributed by atoms with Crippen molar-refractivity contribution in [3.05, 3.63) is 59.8 Å². The lowest BCUT2D eigenvalue weighted by Crippen LogP contribution is -2.28. The summed E-state index contributed by atoms with van der Waals surface area (Å²) in [5, 5.41) is 0.578. The van der Waals surface area contributed by atoms with E-state index in [2.05, 4.69) is 56.1 Å². The van der Waals surface area contributed by atoms with Gasteiger partial charge in [-0.25, -0.2) is 9.38 Å². The van der Waals surface area contributed by atoms with Gasteiger partial charge >= 0.3 is 0 Å². The lowest BCUT2D eigenvalue weighted by atomic mass is 10.2. The van der Waals surface area contributed by atoms with Gasteiger partial charge in [0, 0.05) is 6.54 Å². The highest BCUT2D eigenvalue weighted by molar-refractivity contribution is 14.1. The third-order valence-corrected chi connectivity index (χ3v) is 6.48. The first kappa shape index (κ1) is 22.1. The van der Waals surface area contributed by atoms with Gasteiger partial charge in [0.05, 0.1) is 17.7 Å². The molecule has 1 aliphatic rings. The van der Waals surface area contributed by atoms with Crippen molar-refractivity contribution < 1.29 is 13.9 Å². The number of hydrogen-bond donors (Lipinski definition) is 0. The first-order valence-electron chi connectivity index (χ1n) is 8.54. The molecule has 2 aromatic rings. The lowest BCUT2D eigenvalue weighted by molar-refractivity contribution is -0.122. The van der Waals surface area contributed by atoms with Crippen LogP contribution in [0.3, 0.4) is 0 Å². The largest absolute Gasteiger partial charge is 0.479 e. The van der Waals surface area contributed by atoms with Crippen molar-refractivity contribution in [2.75, 3.05) is 13.2 Å². The van der Waals surface area contributed by atoms with Crippen molar-refractivity contribution in [1.29, 1.82) is 0 Å². The molecule has 1 heterocycles. The Hall–Kier alpha value is -1.58. The second kappa shape index (κ2) is 9.95. The van der Waals surface area contributed by atoms with E-state index < -0.39 is 0 Å². The highest BCUT2D eigenvalue weighted by Gasteiger charge is 2.32. The topological polar surface area (TPSA) is 41.9 Å². The van der Waals surface area contributed by atoms with Crippen molar-refractivity contribution in [3.63, 3.8) is 0 Å². The molecule has 29 heavy (non-hydrogen) atoms. The monoisotopic (exact) mass is 632 g/mol. The molecular weight excluding hydrogens is 617 g/mol. The number of benzene rings is 2. The van der Waals surface area contributed by atoms with Crippen molar-refractivity contribution in [3.8, 4) is 18.1 Å². The van der Waals surface area contributed by atoms with E-state index in [1.807, 2.05) is 25.1 Å². The fraction of sp³-hybridized carbons (Fsp3) is 0.143. The van der Waals surface area contributed by atoms with Crippen LogP contribution in [-0.2, 0) is 4.79 Å². The Kier molecular flexibility index (Phi) is 7.59. The Morgan fingerprint density at radius 3 is 2.52 bits per heavy atom. The summed E-state index contributed by atoms with van der Waals surface area (Å²) in [6.45, 7) is 2.59. The van der Waals surface area contributed by atoms with Crippen LogP contribution in [0.2, 0.25) is 0 Å². The van der Waals surface area contributed by atoms with Gasteiger partial charge in [-0.15, -0.1) is 6.42 Å². The zero-order valence-corrected chi connectivity index (χ0v) is 20.4. The van der Waals surface area contributed by atoms with Crippen LogP contribution in [0.1, 0.15) is 12.5 Å². The van der Waals surface area contributed by atoms with Gasteiger partial charge in [-0.2, -0.15) is 0 Å². The Bertz CT molecular complexity index is 1020. The number of amides is 1. The average Bonchev–Trinajstić information content (AvgIpc) is 2.97. The Labute approximate surface area is 200 Å². The summed E-state index contributed by atoms with van der Waals surface area (Å²) in [6.07, 6.45) is 7.11. The van der Waals surface area contributed by atoms with E-state index in [1.54, 1.807) is 17.0 Å². The van der Waals surface area contributed by atoms with Crippen LogP contribution in [-0.4, -0.2) is 29.1 Å². The van der Waals surface area contributed by atoms with Crippen molar-refractivity contribution >= 4 is 79.8 Å². The van der Waals surface area contributed by atoms with Crippen LogP contribution in [0.4, 0.5) is 10.1 Å². The third-order valence-electron chi connectivity index (χ3n) is 3.87. The minimum absolute atomic E-state index is 0.101. The molecule has 0 unspecified atom stereocenters. The molecule has 148 valence electrons. The molecule has 1 saturated heterocycles. The maximum atomic E-state index is 13.1. The van der Waals surface area contributed by atoms with Gasteiger partial charge in [0.1, 0.15) is 18.2 Å². The summed E-state index contributed by atoms with van der Waals surface area (Å²) in [4.78, 5) is 19.5. The van der Waals surface area contributed by atoms with Gasteiger partial charge in [-0.05, 0) is 112 Å². The third kappa shape index (κ3) is 5.32. The summed E-state index contributed by atoms with van der Waals surface area (Å²) in [5.74, 6) is 2.78. The van der Waals surface area contributed by atoms with Gasteiger partial charge in [0.2, 0.25) is 0 Å². The van der Waals surface area contributed by atoms with Crippen molar-refractivity contribution in [2.45, 2.75) is 6.92 Å². The van der Waals surface area contributed by atoms with Crippen LogP contribution < -0.4 is 4.74 Å². The van der Waals surface area contributed by atoms with Gasteiger partial charge in [0.25, 0.3) is 5.91 Å². The molecule has 8 heteroatoms. The van der Waals surface area contributed by atoms with Crippen molar-refractivity contribution in [2.24, 2.45) is 4.99 Å². The predicted molar refractivity (Wildman–Crippen MR) is 133 cm³/mol. The predicted octanol–water partition coefficient (Wildman–Crippen LogP) is 5.67. The highest BCUT2D eigenvalue weighted by atomic mass is 127. The number of rotatable bonds is 5. The number of amidine groups is 1. The summed E-state index contributed by atoms with van der Waals surface area (Å²) >= 11 is 5.69. The molecule has 0 aliphatic carbocycles. The van der Waals surface area contributed by atoms with E-state index in [4.69, 9.17) is 11.2 Å². The Morgan fingerprint density at radius 1 is 1.28 bits per heavy atom. The molecule has 0 spiro atoms. The van der Waals surface area contributed by atoms with E-state index >= 15 is 0 Å². The van der Waals surface area contributed by atoms with Gasteiger partial charge in [0.15, 0.2) is 5.17 Å². The maximum Gasteiger partial charge on any atom is 0.266 e. The highest BCUT2D eigenvalue weighted by Crippen LogP contribution is 2.36. The first-order valence-corrected chi connectivity index (χ1v) is 11.5. The van der Waals surface area contributed by atoms with E-state index in [-0.39, 0.29) is 18.3 Å². The Balaban J connectivity index is 1.91. The normalized spacial score (nSPS) is 16.5. The molecule has 1 fully saturated rings. The molecule has 1 amide bonds. The van der Waals surface area contributed by atoms with Crippen LogP contribution in [0.25, 0.3) is 6.08 Å². The van der Waals surface area contributed by atoms with E-state index in [1.165, 1.54) is 23.9 Å². The number of thioether (sulfide) groups is 1. The van der Waals surface area contributed by atoms with E-state index in [9.17, 15) is 9.18 Å². The fourth-order valence-electron chi connectivity index (χ4n) is 2.56. The number of aliphatic imine (C=N–C) groups is 1. The number of likely N-dealkylation sites (N-methyl/N-ethyl adjacent to an activating group) is 1. The van der Waals surface area contributed by atoms with Gasteiger partial charge < -0.3 is 4.74 Å². The first-order chi connectivity index (χ1) is 13.9. The SMILES string of the molecule is C#CCOc1c(I)cc(/C=C2/SC(=Nc3ccc(F)cc3)N(CC)C2=O)cc1I. The minimum atomic E-state index is -0.323. The second-order valence-corrected chi connectivity index (χ2v) is 9.17. The van der Waals surface area contributed by atoms with Crippen LogP contribution in [0, 0.1) is 25.3 Å². The van der Waals surface area contributed by atoms with Gasteiger partial charge in [-0.1, -0.05) is 5.92 Å². The fourth-order valence-corrected chi connectivity index (χ4v) is 5.75. The zero-order valence-electron chi connectivity index (χ0n) is 15.3. The number of nitrogens with zero attached hydrogens (tertiary/aromatic N) is 2. The number of terminal acetylenes is 1. The van der Waals surface area contributed by atoms with Crippen LogP contribution in [0.5, 0.6) is 5.75 Å². The molecule has 0 N–H and O–H groups in total. The molecule has 0 atom stereocenters. The minimum Gasteiger partial charge on any atom is -0.479 e. The number of hydrogen-bond acceptors (Lipinski definition) is 4. The molecule has 4 nitrogen and oxygen atoms in total. The van der Waals surface area contributed by atoms with Crippen LogP contribution in [0.15, 0.2) is 46.3 Å². The zero-order chi connectivity index (χ0) is 21.0. The summed E-state index contributed by atoms with van der Waals surface area (Å²) in [6, 6.07) is 9.76. The molecule has 1 aliphatic heterocycles. The molecular formula is C21H15FI2N2O2S. The van der Waals surface area contributed by atoms with Gasteiger partial charge in [-0.3, -0.25) is 9.69 Å². The van der Waals surface area contributed by atoms with E-state index in [0.717, 1.165) is 18.5 Å². The second-order valence-electron chi connectivity index (χ2n) is 5.84. The summed E-state index contributed by atoms with van der Waals surface area (Å²) in [5.41, 5.74) is 1.49. The maximum absolute atomic E-state index is 13.1. The van der Waals surface area contributed by atoms with Crippen molar-refractivity contribution in [1.82, 2.24) is 4.90 Å². The summed E-state index contributed by atoms with van der Waals surface area (Å²) in [7, 11) is 0. The molecule has 0 aromatic heterocycles. The number of carbonyl (C=O) groups excluding carboxylic acids is 1. The average molecular weight is 632 g/mol. The lowest BCUT2D eigenvalue weighted by Gasteiger charge is -2.12. The smallest absolute Gasteiger partial charge is 0.266 e. The molecule has 0 bridgehead atoms. The van der Waals surface area contributed by atoms with Crippen LogP contribution >= 0.6 is 56.9 Å². The summed E-state index contributed by atoms with van der Waals surface area (Å²) < 4.78 is 20.5. The molecule has 0 radical (unpaired) electrons. The number of ether oxygens (including phenoxy) is 1. The Morgan fingerprint density at radius 2 is 1.93 bits per heavy atom. The standard InChI is InChI=1S/C21H15FI2N2O2S/c1-3-9-28-19-16(23)10-13(11-17(19)24)12-18-20(27)26(4-2)21(29-18)25-15-7-5-14(22)6-8-15/h1,5-8,10-12H,4,9H2,2H3/b18-12+,25-21?.